The normalized spacial score (nSPS) is 23.1. The molecular formula is C17H27NO2S. The number of sulfone groups is 1. The van der Waals surface area contributed by atoms with E-state index in [9.17, 15) is 8.42 Å². The minimum Gasteiger partial charge on any atom is -0.330 e. The minimum atomic E-state index is -2.82. The lowest BCUT2D eigenvalue weighted by Crippen LogP contribution is -2.26. The zero-order valence-corrected chi connectivity index (χ0v) is 14.1. The predicted molar refractivity (Wildman–Crippen MR) is 88.2 cm³/mol. The van der Waals surface area contributed by atoms with Crippen molar-refractivity contribution in [2.45, 2.75) is 39.0 Å². The fourth-order valence-corrected chi connectivity index (χ4v) is 5.00. The van der Waals surface area contributed by atoms with Crippen LogP contribution in [0.15, 0.2) is 24.3 Å². The Morgan fingerprint density at radius 2 is 1.86 bits per heavy atom. The molecule has 0 bridgehead atoms. The average Bonchev–Trinajstić information content (AvgIpc) is 2.75. The van der Waals surface area contributed by atoms with E-state index in [2.05, 4.69) is 45.0 Å². The van der Waals surface area contributed by atoms with Gasteiger partial charge in [-0.05, 0) is 47.8 Å². The van der Waals surface area contributed by atoms with Gasteiger partial charge in [0.25, 0.3) is 0 Å². The minimum absolute atomic E-state index is 0.158. The number of benzene rings is 1. The van der Waals surface area contributed by atoms with Gasteiger partial charge in [0.2, 0.25) is 0 Å². The summed E-state index contributed by atoms with van der Waals surface area (Å²) in [4.78, 5) is 0. The summed E-state index contributed by atoms with van der Waals surface area (Å²) in [6, 6.07) is 8.67. The molecule has 0 spiro atoms. The third-order valence-electron chi connectivity index (χ3n) is 4.55. The molecule has 0 radical (unpaired) electrons. The fraction of sp³-hybridized carbons (Fsp3) is 0.647. The van der Waals surface area contributed by atoms with Crippen molar-refractivity contribution < 1.29 is 8.42 Å². The van der Waals surface area contributed by atoms with Crippen LogP contribution in [0.5, 0.6) is 0 Å². The summed E-state index contributed by atoms with van der Waals surface area (Å²) >= 11 is 0. The third-order valence-corrected chi connectivity index (χ3v) is 6.35. The maximum Gasteiger partial charge on any atom is 0.150 e. The zero-order chi connectivity index (χ0) is 15.7. The van der Waals surface area contributed by atoms with Crippen LogP contribution in [0.1, 0.15) is 38.3 Å². The molecule has 4 heteroatoms. The lowest BCUT2D eigenvalue weighted by Gasteiger charge is -2.22. The van der Waals surface area contributed by atoms with E-state index >= 15 is 0 Å². The third kappa shape index (κ3) is 4.30. The van der Waals surface area contributed by atoms with Crippen LogP contribution in [-0.4, -0.2) is 26.5 Å². The van der Waals surface area contributed by atoms with Gasteiger partial charge < -0.3 is 5.73 Å². The van der Waals surface area contributed by atoms with E-state index in [4.69, 9.17) is 5.73 Å². The second-order valence-corrected chi connectivity index (χ2v) is 9.54. The van der Waals surface area contributed by atoms with Gasteiger partial charge in [0.1, 0.15) is 0 Å². The zero-order valence-electron chi connectivity index (χ0n) is 13.3. The quantitative estimate of drug-likeness (QED) is 0.930. The predicted octanol–water partition coefficient (Wildman–Crippen LogP) is 2.54. The molecule has 2 unspecified atom stereocenters. The highest BCUT2D eigenvalue weighted by Gasteiger charge is 2.33. The van der Waals surface area contributed by atoms with E-state index in [1.165, 1.54) is 11.1 Å². The maximum atomic E-state index is 11.6. The lowest BCUT2D eigenvalue weighted by molar-refractivity contribution is 0.370. The van der Waals surface area contributed by atoms with Crippen molar-refractivity contribution in [2.24, 2.45) is 17.6 Å². The molecule has 3 nitrogen and oxygen atoms in total. The SMILES string of the molecule is CC(C)(C)c1ccc(CC(CN)C2CCS(=O)(=O)C2)cc1. The van der Waals surface area contributed by atoms with Crippen molar-refractivity contribution in [1.82, 2.24) is 0 Å². The number of nitrogens with two attached hydrogens (primary N) is 1. The molecule has 1 saturated heterocycles. The standard InChI is InChI=1S/C17H27NO2S/c1-17(2,3)16-6-4-13(5-7-16)10-15(11-18)14-8-9-21(19,20)12-14/h4-7,14-15H,8-12,18H2,1-3H3. The smallest absolute Gasteiger partial charge is 0.150 e. The summed E-state index contributed by atoms with van der Waals surface area (Å²) in [7, 11) is -2.82. The van der Waals surface area contributed by atoms with Crippen LogP contribution in [-0.2, 0) is 21.7 Å². The molecule has 2 N–H and O–H groups in total. The van der Waals surface area contributed by atoms with Gasteiger partial charge in [0.05, 0.1) is 11.5 Å². The van der Waals surface area contributed by atoms with Crippen molar-refractivity contribution in [3.8, 4) is 0 Å². The molecular weight excluding hydrogens is 282 g/mol. The van der Waals surface area contributed by atoms with Crippen molar-refractivity contribution >= 4 is 9.84 Å². The first-order valence-corrected chi connectivity index (χ1v) is 9.53. The Kier molecular flexibility index (Phi) is 4.79. The van der Waals surface area contributed by atoms with E-state index < -0.39 is 9.84 Å². The molecule has 1 aromatic carbocycles. The van der Waals surface area contributed by atoms with Crippen LogP contribution in [0.4, 0.5) is 0 Å². The summed E-state index contributed by atoms with van der Waals surface area (Å²) in [5.41, 5.74) is 8.62. The van der Waals surface area contributed by atoms with Crippen molar-refractivity contribution in [3.63, 3.8) is 0 Å². The van der Waals surface area contributed by atoms with Gasteiger partial charge in [0.15, 0.2) is 9.84 Å². The Balaban J connectivity index is 2.06. The summed E-state index contributed by atoms with van der Waals surface area (Å²) in [6.07, 6.45) is 1.64. The molecule has 2 atom stereocenters. The van der Waals surface area contributed by atoms with Gasteiger partial charge in [0, 0.05) is 0 Å². The van der Waals surface area contributed by atoms with Gasteiger partial charge in [-0.25, -0.2) is 8.42 Å². The van der Waals surface area contributed by atoms with Crippen molar-refractivity contribution in [1.29, 1.82) is 0 Å². The highest BCUT2D eigenvalue weighted by molar-refractivity contribution is 7.91. The number of hydrogen-bond acceptors (Lipinski definition) is 3. The molecule has 2 rings (SSSR count). The van der Waals surface area contributed by atoms with E-state index in [-0.39, 0.29) is 17.3 Å². The maximum absolute atomic E-state index is 11.6. The molecule has 1 fully saturated rings. The summed E-state index contributed by atoms with van der Waals surface area (Å²) in [5, 5.41) is 0. The summed E-state index contributed by atoms with van der Waals surface area (Å²) in [5.74, 6) is 1.14. The summed E-state index contributed by atoms with van der Waals surface area (Å²) < 4.78 is 23.3. The van der Waals surface area contributed by atoms with Crippen LogP contribution >= 0.6 is 0 Å². The monoisotopic (exact) mass is 309 g/mol. The van der Waals surface area contributed by atoms with Gasteiger partial charge in [-0.15, -0.1) is 0 Å². The molecule has 1 aliphatic rings. The Labute approximate surface area is 128 Å². The van der Waals surface area contributed by atoms with E-state index in [0.29, 0.717) is 18.1 Å². The Bertz CT molecular complexity index is 570. The first kappa shape index (κ1) is 16.5. The number of hydrogen-bond donors (Lipinski definition) is 1. The molecule has 118 valence electrons. The highest BCUT2D eigenvalue weighted by Crippen LogP contribution is 2.29. The van der Waals surface area contributed by atoms with Gasteiger partial charge in [-0.1, -0.05) is 45.0 Å². The molecule has 0 aliphatic carbocycles. The van der Waals surface area contributed by atoms with Gasteiger partial charge in [-0.2, -0.15) is 0 Å². The van der Waals surface area contributed by atoms with Crippen LogP contribution < -0.4 is 5.73 Å². The second-order valence-electron chi connectivity index (χ2n) is 7.31. The molecule has 0 amide bonds. The topological polar surface area (TPSA) is 60.2 Å². The molecule has 21 heavy (non-hydrogen) atoms. The van der Waals surface area contributed by atoms with Gasteiger partial charge in [-0.3, -0.25) is 0 Å². The Hall–Kier alpha value is -0.870. The highest BCUT2D eigenvalue weighted by atomic mass is 32.2. The Morgan fingerprint density at radius 3 is 2.29 bits per heavy atom. The number of rotatable bonds is 4. The van der Waals surface area contributed by atoms with Crippen LogP contribution in [0, 0.1) is 11.8 Å². The molecule has 1 heterocycles. The second kappa shape index (κ2) is 6.09. The molecule has 0 aromatic heterocycles. The van der Waals surface area contributed by atoms with E-state index in [1.807, 2.05) is 0 Å². The van der Waals surface area contributed by atoms with Crippen LogP contribution in [0.25, 0.3) is 0 Å². The molecule has 1 aliphatic heterocycles. The largest absolute Gasteiger partial charge is 0.330 e. The lowest BCUT2D eigenvalue weighted by atomic mass is 9.84. The summed E-state index contributed by atoms with van der Waals surface area (Å²) in [6.45, 7) is 7.16. The first-order chi connectivity index (χ1) is 9.71. The first-order valence-electron chi connectivity index (χ1n) is 7.71. The van der Waals surface area contributed by atoms with E-state index in [1.54, 1.807) is 0 Å². The fourth-order valence-electron chi connectivity index (χ4n) is 3.08. The molecule has 0 saturated carbocycles. The van der Waals surface area contributed by atoms with Crippen molar-refractivity contribution in [3.05, 3.63) is 35.4 Å². The van der Waals surface area contributed by atoms with E-state index in [0.717, 1.165) is 12.8 Å². The molecule has 1 aromatic rings. The van der Waals surface area contributed by atoms with Crippen LogP contribution in [0.2, 0.25) is 0 Å². The van der Waals surface area contributed by atoms with Gasteiger partial charge >= 0.3 is 0 Å². The average molecular weight is 309 g/mol. The van der Waals surface area contributed by atoms with Crippen LogP contribution in [0.3, 0.4) is 0 Å². The Morgan fingerprint density at radius 1 is 1.24 bits per heavy atom. The van der Waals surface area contributed by atoms with Crippen molar-refractivity contribution in [2.75, 3.05) is 18.1 Å².